The third-order valence-corrected chi connectivity index (χ3v) is 9.78. The molecule has 0 aliphatic rings. The van der Waals surface area contributed by atoms with Gasteiger partial charge in [0.25, 0.3) is 0 Å². The number of carbonyl (C=O) groups excluding carboxylic acids is 1. The van der Waals surface area contributed by atoms with E-state index in [-0.39, 0.29) is 17.2 Å². The predicted molar refractivity (Wildman–Crippen MR) is 98.5 cm³/mol. The Balaban J connectivity index is 3.23. The van der Waals surface area contributed by atoms with E-state index in [0.717, 1.165) is 5.30 Å². The van der Waals surface area contributed by atoms with Crippen LogP contribution in [0, 0.1) is 5.92 Å². The van der Waals surface area contributed by atoms with Crippen molar-refractivity contribution in [1.82, 2.24) is 5.09 Å². The fraction of sp³-hybridized carbons (Fsp3) is 0.588. The van der Waals surface area contributed by atoms with Crippen LogP contribution in [0.1, 0.15) is 41.0 Å². The minimum atomic E-state index is -2.15. The van der Waals surface area contributed by atoms with Crippen LogP contribution in [0.25, 0.3) is 0 Å². The van der Waals surface area contributed by atoms with Gasteiger partial charge in [-0.1, -0.05) is 76.8 Å². The van der Waals surface area contributed by atoms with Gasteiger partial charge in [0, 0.05) is 11.3 Å². The molecule has 0 saturated carbocycles. The molecule has 0 bridgehead atoms. The molecule has 1 rings (SSSR count). The number of nitrogens with one attached hydrogen (secondary N) is 1. The first-order valence-electron chi connectivity index (χ1n) is 7.63. The first kappa shape index (κ1) is 19.3. The molecule has 5 heteroatoms. The Morgan fingerprint density at radius 2 is 1.82 bits per heavy atom. The van der Waals surface area contributed by atoms with Gasteiger partial charge in [0.2, 0.25) is 0 Å². The normalized spacial score (nSPS) is 16.1. The van der Waals surface area contributed by atoms with Gasteiger partial charge >= 0.3 is 5.97 Å². The van der Waals surface area contributed by atoms with Crippen molar-refractivity contribution >= 4 is 29.3 Å². The van der Waals surface area contributed by atoms with E-state index in [2.05, 4.69) is 51.8 Å². The highest BCUT2D eigenvalue weighted by Crippen LogP contribution is 2.54. The minimum absolute atomic E-state index is 0.132. The van der Waals surface area contributed by atoms with Crippen LogP contribution in [-0.4, -0.2) is 24.3 Å². The maximum Gasteiger partial charge on any atom is 0.323 e. The van der Waals surface area contributed by atoms with Crippen molar-refractivity contribution in [3.8, 4) is 0 Å². The van der Waals surface area contributed by atoms with Gasteiger partial charge in [0.1, 0.15) is 6.04 Å². The van der Waals surface area contributed by atoms with Crippen LogP contribution in [0.4, 0.5) is 0 Å². The summed E-state index contributed by atoms with van der Waals surface area (Å²) in [5, 5.41) is 4.49. The molecule has 0 spiro atoms. The number of benzene rings is 1. The number of hydrogen-bond acceptors (Lipinski definition) is 3. The van der Waals surface area contributed by atoms with Crippen molar-refractivity contribution < 1.29 is 9.53 Å². The fourth-order valence-electron chi connectivity index (χ4n) is 2.33. The third-order valence-electron chi connectivity index (χ3n) is 3.59. The molecule has 0 radical (unpaired) electrons. The number of hydrogen-bond donors (Lipinski definition) is 1. The van der Waals surface area contributed by atoms with Gasteiger partial charge in [-0.05, 0) is 17.6 Å². The minimum Gasteiger partial charge on any atom is -0.468 e. The summed E-state index contributed by atoms with van der Waals surface area (Å²) in [6.07, 6.45) is -1.44. The van der Waals surface area contributed by atoms with E-state index in [4.69, 9.17) is 16.5 Å². The highest BCUT2D eigenvalue weighted by molar-refractivity contribution is 8.18. The highest BCUT2D eigenvalue weighted by Gasteiger charge is 2.37. The van der Waals surface area contributed by atoms with Crippen molar-refractivity contribution in [2.75, 3.05) is 7.11 Å². The summed E-state index contributed by atoms with van der Waals surface area (Å²) >= 11 is 6.09. The number of methoxy groups -OCH3 is 1. The summed E-state index contributed by atoms with van der Waals surface area (Å²) in [6.45, 7) is 10.6. The van der Waals surface area contributed by atoms with Crippen molar-refractivity contribution in [3.05, 3.63) is 30.3 Å². The molecule has 0 saturated heterocycles. The lowest BCUT2D eigenvalue weighted by molar-refractivity contribution is -0.143. The van der Waals surface area contributed by atoms with E-state index in [0.29, 0.717) is 12.3 Å². The maximum absolute atomic E-state index is 12.2. The van der Waals surface area contributed by atoms with Gasteiger partial charge in [-0.25, -0.2) is 0 Å². The van der Waals surface area contributed by atoms with Crippen LogP contribution in [0.3, 0.4) is 0 Å². The second kappa shape index (κ2) is 7.72. The first-order chi connectivity index (χ1) is 10.1. The third kappa shape index (κ3) is 4.65. The largest absolute Gasteiger partial charge is 0.468 e. The van der Waals surface area contributed by atoms with E-state index >= 15 is 0 Å². The molecule has 1 aromatic carbocycles. The molecule has 0 amide bonds. The lowest BCUT2D eigenvalue weighted by Crippen LogP contribution is -2.43. The molecule has 0 aromatic heterocycles. The summed E-state index contributed by atoms with van der Waals surface area (Å²) in [6, 6.07) is 9.73. The second-order valence-corrected chi connectivity index (χ2v) is 11.9. The zero-order valence-corrected chi connectivity index (χ0v) is 16.1. The van der Waals surface area contributed by atoms with Crippen LogP contribution in [0.2, 0.25) is 0 Å². The Kier molecular flexibility index (Phi) is 6.79. The van der Waals surface area contributed by atoms with Gasteiger partial charge < -0.3 is 4.74 Å². The van der Waals surface area contributed by atoms with E-state index in [1.54, 1.807) is 0 Å². The zero-order valence-electron chi connectivity index (χ0n) is 14.4. The van der Waals surface area contributed by atoms with E-state index in [1.807, 2.05) is 18.2 Å². The van der Waals surface area contributed by atoms with Crippen LogP contribution in [-0.2, 0) is 21.3 Å². The van der Waals surface area contributed by atoms with Crippen molar-refractivity contribution in [2.45, 2.75) is 52.2 Å². The molecule has 22 heavy (non-hydrogen) atoms. The molecule has 2 unspecified atom stereocenters. The smallest absolute Gasteiger partial charge is 0.323 e. The van der Waals surface area contributed by atoms with Crippen molar-refractivity contribution in [3.63, 3.8) is 0 Å². The van der Waals surface area contributed by atoms with E-state index < -0.39 is 6.19 Å². The molecule has 0 fully saturated rings. The SMILES string of the molecule is COC(=O)C(CC(C)C)NP(=S)(c1ccccc1)C(C)(C)C. The predicted octanol–water partition coefficient (Wildman–Crippen LogP) is 3.68. The zero-order chi connectivity index (χ0) is 17.0. The Bertz CT molecular complexity index is 537. The molecule has 0 aliphatic heterocycles. The number of esters is 1. The van der Waals surface area contributed by atoms with Gasteiger partial charge in [-0.3, -0.25) is 9.88 Å². The lowest BCUT2D eigenvalue weighted by atomic mass is 10.1. The van der Waals surface area contributed by atoms with Crippen LogP contribution in [0.5, 0.6) is 0 Å². The Morgan fingerprint density at radius 3 is 2.23 bits per heavy atom. The van der Waals surface area contributed by atoms with Gasteiger partial charge in [0.15, 0.2) is 0 Å². The summed E-state index contributed by atoms with van der Waals surface area (Å²) in [5.41, 5.74) is 0. The fourth-order valence-corrected chi connectivity index (χ4v) is 5.63. The standard InChI is InChI=1S/C17H28NO2PS/c1-13(2)12-15(16(19)20-6)18-21(22,17(3,4)5)14-10-8-7-9-11-14/h7-11,13,15H,12H2,1-6H3,(H,18,22). The summed E-state index contributed by atoms with van der Waals surface area (Å²) in [4.78, 5) is 12.2. The van der Waals surface area contributed by atoms with Crippen LogP contribution < -0.4 is 10.4 Å². The van der Waals surface area contributed by atoms with Crippen LogP contribution >= 0.6 is 6.19 Å². The van der Waals surface area contributed by atoms with Gasteiger partial charge in [0.05, 0.1) is 7.11 Å². The highest BCUT2D eigenvalue weighted by atomic mass is 32.4. The van der Waals surface area contributed by atoms with Crippen LogP contribution in [0.15, 0.2) is 30.3 Å². The average molecular weight is 341 g/mol. The van der Waals surface area contributed by atoms with Gasteiger partial charge in [-0.15, -0.1) is 0 Å². The average Bonchev–Trinajstić information content (AvgIpc) is 2.44. The molecule has 0 heterocycles. The monoisotopic (exact) mass is 341 g/mol. The number of carbonyl (C=O) groups is 1. The molecule has 3 nitrogen and oxygen atoms in total. The quantitative estimate of drug-likeness (QED) is 0.633. The summed E-state index contributed by atoms with van der Waals surface area (Å²) in [7, 11) is 1.43. The summed E-state index contributed by atoms with van der Waals surface area (Å²) < 4.78 is 4.98. The Hall–Kier alpha value is -0.700. The molecule has 1 N–H and O–H groups in total. The van der Waals surface area contributed by atoms with E-state index in [9.17, 15) is 4.79 Å². The summed E-state index contributed by atoms with van der Waals surface area (Å²) in [5.74, 6) is 0.152. The van der Waals surface area contributed by atoms with Gasteiger partial charge in [-0.2, -0.15) is 0 Å². The Labute approximate surface area is 139 Å². The van der Waals surface area contributed by atoms with E-state index in [1.165, 1.54) is 7.11 Å². The van der Waals surface area contributed by atoms with Crippen molar-refractivity contribution in [1.29, 1.82) is 0 Å². The lowest BCUT2D eigenvalue weighted by Gasteiger charge is -2.39. The number of ether oxygens (including phenoxy) is 1. The topological polar surface area (TPSA) is 38.3 Å². The Morgan fingerprint density at radius 1 is 1.27 bits per heavy atom. The number of rotatable bonds is 6. The second-order valence-electron chi connectivity index (χ2n) is 6.95. The molecule has 2 atom stereocenters. The molecular weight excluding hydrogens is 313 g/mol. The molecular formula is C17H28NO2PS. The molecule has 0 aliphatic carbocycles. The molecule has 1 aromatic rings. The van der Waals surface area contributed by atoms with Crippen molar-refractivity contribution in [2.24, 2.45) is 5.92 Å². The first-order valence-corrected chi connectivity index (χ1v) is 10.4. The maximum atomic E-state index is 12.2. The molecule has 124 valence electrons.